The molecule has 2 aliphatic heterocycles. The van der Waals surface area contributed by atoms with Gasteiger partial charge in [0.15, 0.2) is 5.78 Å². The minimum absolute atomic E-state index is 0.0199. The van der Waals surface area contributed by atoms with E-state index in [1.807, 2.05) is 6.92 Å². The molecule has 4 fully saturated rings. The molecule has 0 bridgehead atoms. The lowest BCUT2D eigenvalue weighted by molar-refractivity contribution is -0.151. The van der Waals surface area contributed by atoms with Crippen LogP contribution in [0.25, 0.3) is 0 Å². The normalized spacial score (nSPS) is 52.5. The molecule has 1 saturated heterocycles. The number of aliphatic hydroxyl groups is 1. The Morgan fingerprint density at radius 2 is 1.94 bits per heavy atom. The summed E-state index contributed by atoms with van der Waals surface area (Å²) in [6.45, 7) is 8.69. The zero-order chi connectivity index (χ0) is 22.6. The number of hydrogen-bond acceptors (Lipinski definition) is 5. The lowest BCUT2D eigenvalue weighted by atomic mass is 9.49. The molecule has 6 aliphatic rings. The number of carbonyl (C=O) groups excluding carboxylic acids is 2. The minimum Gasteiger partial charge on any atom is -0.458 e. The van der Waals surface area contributed by atoms with E-state index in [0.717, 1.165) is 31.3 Å². The van der Waals surface area contributed by atoms with E-state index in [4.69, 9.17) is 9.47 Å². The maximum atomic E-state index is 13.0. The van der Waals surface area contributed by atoms with Crippen molar-refractivity contribution in [3.05, 3.63) is 23.3 Å². The van der Waals surface area contributed by atoms with Gasteiger partial charge in [-0.25, -0.2) is 4.79 Å². The molecule has 0 aromatic rings. The average molecular weight is 441 g/mol. The van der Waals surface area contributed by atoms with Crippen LogP contribution in [0.2, 0.25) is 0 Å². The van der Waals surface area contributed by atoms with Gasteiger partial charge >= 0.3 is 5.97 Å². The van der Waals surface area contributed by atoms with E-state index in [9.17, 15) is 14.7 Å². The number of allylic oxidation sites excluding steroid dienone is 1. The number of epoxide rings is 1. The van der Waals surface area contributed by atoms with Gasteiger partial charge in [-0.3, -0.25) is 4.79 Å². The monoisotopic (exact) mass is 440 g/mol. The molecule has 0 radical (unpaired) electrons. The summed E-state index contributed by atoms with van der Waals surface area (Å²) >= 11 is 0. The van der Waals surface area contributed by atoms with E-state index in [-0.39, 0.29) is 35.3 Å². The fourth-order valence-electron chi connectivity index (χ4n) is 9.04. The molecule has 32 heavy (non-hydrogen) atoms. The predicted molar refractivity (Wildman–Crippen MR) is 118 cm³/mol. The standard InChI is InChI=1S/C27H36O5/c1-13-11-21(31-25(30)14(13)2)15(3)18-5-6-19-17-12-23-27(32-23)22(29)8-7-20(28)24(27)16(17)9-10-26(18,19)4/h7-8,15-19,21-24,29H,5-6,9-12H2,1-4H3/t15-,16-,17+,18?,19-,21+,22-,23+,24?,26+,27+/m0/s1. The second-order valence-electron chi connectivity index (χ2n) is 12.0. The number of ketones is 1. The molecular weight excluding hydrogens is 404 g/mol. The van der Waals surface area contributed by atoms with Crippen LogP contribution in [0.15, 0.2) is 23.3 Å². The van der Waals surface area contributed by atoms with Crippen LogP contribution in [0.1, 0.15) is 66.2 Å². The molecule has 5 nitrogen and oxygen atoms in total. The first-order chi connectivity index (χ1) is 15.2. The molecule has 11 atom stereocenters. The second-order valence-corrected chi connectivity index (χ2v) is 12.0. The van der Waals surface area contributed by atoms with Gasteiger partial charge in [0.25, 0.3) is 0 Å². The maximum Gasteiger partial charge on any atom is 0.333 e. The van der Waals surface area contributed by atoms with Gasteiger partial charge in [0.1, 0.15) is 17.8 Å². The van der Waals surface area contributed by atoms with E-state index >= 15 is 0 Å². The molecule has 1 N–H and O–H groups in total. The zero-order valence-corrected chi connectivity index (χ0v) is 19.7. The van der Waals surface area contributed by atoms with E-state index in [0.29, 0.717) is 29.6 Å². The number of rotatable bonds is 2. The van der Waals surface area contributed by atoms with Gasteiger partial charge < -0.3 is 14.6 Å². The van der Waals surface area contributed by atoms with Crippen molar-refractivity contribution in [3.8, 4) is 0 Å². The van der Waals surface area contributed by atoms with Gasteiger partial charge in [0, 0.05) is 12.0 Å². The number of esters is 1. The van der Waals surface area contributed by atoms with Crippen molar-refractivity contribution in [3.63, 3.8) is 0 Å². The van der Waals surface area contributed by atoms with Crippen molar-refractivity contribution in [2.75, 3.05) is 0 Å². The number of hydrogen-bond donors (Lipinski definition) is 1. The summed E-state index contributed by atoms with van der Waals surface area (Å²) in [5, 5.41) is 10.7. The van der Waals surface area contributed by atoms with Gasteiger partial charge in [-0.1, -0.05) is 19.4 Å². The summed E-state index contributed by atoms with van der Waals surface area (Å²) in [5.41, 5.74) is 1.51. The number of ether oxygens (including phenoxy) is 2. The minimum atomic E-state index is -0.651. The molecule has 2 unspecified atom stereocenters. The number of carbonyl (C=O) groups is 2. The van der Waals surface area contributed by atoms with Crippen LogP contribution in [0, 0.1) is 40.9 Å². The highest BCUT2D eigenvalue weighted by molar-refractivity contribution is 5.95. The first-order valence-corrected chi connectivity index (χ1v) is 12.6. The highest BCUT2D eigenvalue weighted by Gasteiger charge is 2.75. The molecule has 0 aromatic heterocycles. The Kier molecular flexibility index (Phi) is 4.48. The third kappa shape index (κ3) is 2.58. The van der Waals surface area contributed by atoms with Crippen LogP contribution in [0.3, 0.4) is 0 Å². The fraction of sp³-hybridized carbons (Fsp3) is 0.778. The van der Waals surface area contributed by atoms with Crippen LogP contribution < -0.4 is 0 Å². The van der Waals surface area contributed by atoms with Gasteiger partial charge in [-0.15, -0.1) is 0 Å². The Balaban J connectivity index is 1.26. The Morgan fingerprint density at radius 1 is 1.16 bits per heavy atom. The van der Waals surface area contributed by atoms with E-state index in [1.165, 1.54) is 18.4 Å². The lowest BCUT2D eigenvalue weighted by Gasteiger charge is -2.54. The molecule has 3 saturated carbocycles. The van der Waals surface area contributed by atoms with Crippen LogP contribution in [0.5, 0.6) is 0 Å². The van der Waals surface area contributed by atoms with Gasteiger partial charge in [-0.2, -0.15) is 0 Å². The number of cyclic esters (lactones) is 1. The maximum absolute atomic E-state index is 13.0. The van der Waals surface area contributed by atoms with Gasteiger partial charge in [0.05, 0.1) is 12.0 Å². The zero-order valence-electron chi connectivity index (χ0n) is 19.7. The van der Waals surface area contributed by atoms with Gasteiger partial charge in [0.2, 0.25) is 0 Å². The third-order valence-electron chi connectivity index (χ3n) is 10.9. The van der Waals surface area contributed by atoms with Crippen molar-refractivity contribution in [1.29, 1.82) is 0 Å². The molecule has 6 rings (SSSR count). The fourth-order valence-corrected chi connectivity index (χ4v) is 9.04. The summed E-state index contributed by atoms with van der Waals surface area (Å²) < 4.78 is 12.0. The number of fused-ring (bicyclic) bond motifs is 4. The summed E-state index contributed by atoms with van der Waals surface area (Å²) in [6, 6.07) is 0. The van der Waals surface area contributed by atoms with Crippen LogP contribution in [-0.4, -0.2) is 40.8 Å². The highest BCUT2D eigenvalue weighted by Crippen LogP contribution is 2.69. The number of aliphatic hydroxyl groups excluding tert-OH is 1. The van der Waals surface area contributed by atoms with Crippen molar-refractivity contribution in [1.82, 2.24) is 0 Å². The summed E-state index contributed by atoms with van der Waals surface area (Å²) in [5.74, 6) is 2.06. The van der Waals surface area contributed by atoms with Crippen molar-refractivity contribution < 1.29 is 24.2 Å². The molecular formula is C27H36O5. The molecule has 4 aliphatic carbocycles. The Morgan fingerprint density at radius 3 is 2.69 bits per heavy atom. The predicted octanol–water partition coefficient (Wildman–Crippen LogP) is 3.99. The van der Waals surface area contributed by atoms with Crippen molar-refractivity contribution >= 4 is 11.8 Å². The average Bonchev–Trinajstić information content (AvgIpc) is 3.38. The van der Waals surface area contributed by atoms with Crippen LogP contribution in [0.4, 0.5) is 0 Å². The van der Waals surface area contributed by atoms with Crippen LogP contribution >= 0.6 is 0 Å². The summed E-state index contributed by atoms with van der Waals surface area (Å²) in [4.78, 5) is 25.3. The topological polar surface area (TPSA) is 76.1 Å². The molecule has 0 amide bonds. The SMILES string of the molecule is CC1=C(C)C(=O)O[C@@H]([C@@H](C)C2CC[C@H]3[C@@H]4C[C@H]5O[C@@]56C(C(=O)C=C[C@@H]6O)[C@H]4CC[C@]23C)C1. The highest BCUT2D eigenvalue weighted by atomic mass is 16.6. The molecule has 174 valence electrons. The van der Waals surface area contributed by atoms with Crippen molar-refractivity contribution in [2.24, 2.45) is 40.9 Å². The summed E-state index contributed by atoms with van der Waals surface area (Å²) in [6.07, 6.45) is 8.88. The Labute approximate surface area is 190 Å². The lowest BCUT2D eigenvalue weighted by Crippen LogP contribution is -2.57. The molecule has 0 aromatic carbocycles. The third-order valence-corrected chi connectivity index (χ3v) is 10.9. The Bertz CT molecular complexity index is 934. The first-order valence-electron chi connectivity index (χ1n) is 12.6. The molecule has 1 spiro atoms. The summed E-state index contributed by atoms with van der Waals surface area (Å²) in [7, 11) is 0. The van der Waals surface area contributed by atoms with Gasteiger partial charge in [-0.05, 0) is 93.1 Å². The molecule has 2 heterocycles. The van der Waals surface area contributed by atoms with E-state index in [2.05, 4.69) is 20.8 Å². The molecule has 5 heteroatoms. The smallest absolute Gasteiger partial charge is 0.333 e. The quantitative estimate of drug-likeness (QED) is 0.519. The largest absolute Gasteiger partial charge is 0.458 e. The second kappa shape index (κ2) is 6.79. The van der Waals surface area contributed by atoms with E-state index in [1.54, 1.807) is 12.2 Å². The van der Waals surface area contributed by atoms with E-state index < -0.39 is 11.7 Å². The van der Waals surface area contributed by atoms with Crippen LogP contribution in [-0.2, 0) is 19.1 Å². The Hall–Kier alpha value is -1.46. The van der Waals surface area contributed by atoms with Crippen molar-refractivity contribution in [2.45, 2.75) is 90.1 Å². The first kappa shape index (κ1) is 21.1.